The standard InChI is InChI=1S/C18H16F3NO2/c1-24-16-7-3-5-14(11-16)12-22-17(23)9-8-13-4-2-6-15(10-13)18(19,20)21/h2-11H,12H2,1H3,(H,22,23)/b9-8+. The molecule has 0 saturated heterocycles. The molecule has 0 aliphatic rings. The summed E-state index contributed by atoms with van der Waals surface area (Å²) < 4.78 is 43.0. The summed E-state index contributed by atoms with van der Waals surface area (Å²) in [4.78, 5) is 11.8. The van der Waals surface area contributed by atoms with Crippen molar-refractivity contribution in [1.29, 1.82) is 0 Å². The fourth-order valence-electron chi connectivity index (χ4n) is 2.02. The maximum absolute atomic E-state index is 12.6. The van der Waals surface area contributed by atoms with Crippen LogP contribution in [0.1, 0.15) is 16.7 Å². The van der Waals surface area contributed by atoms with Gasteiger partial charge in [-0.3, -0.25) is 4.79 Å². The number of halogens is 3. The van der Waals surface area contributed by atoms with E-state index in [2.05, 4.69) is 5.32 Å². The Hall–Kier alpha value is -2.76. The van der Waals surface area contributed by atoms with Crippen molar-refractivity contribution in [2.24, 2.45) is 0 Å². The van der Waals surface area contributed by atoms with E-state index in [9.17, 15) is 18.0 Å². The highest BCUT2D eigenvalue weighted by molar-refractivity contribution is 5.91. The first-order valence-electron chi connectivity index (χ1n) is 7.14. The summed E-state index contributed by atoms with van der Waals surface area (Å²) in [6, 6.07) is 12.0. The van der Waals surface area contributed by atoms with Crippen LogP contribution in [0.3, 0.4) is 0 Å². The van der Waals surface area contributed by atoms with Gasteiger partial charge in [0, 0.05) is 12.6 Å². The van der Waals surface area contributed by atoms with Crippen LogP contribution in [0.2, 0.25) is 0 Å². The van der Waals surface area contributed by atoms with E-state index < -0.39 is 17.6 Å². The number of nitrogens with one attached hydrogen (secondary N) is 1. The minimum atomic E-state index is -4.40. The van der Waals surface area contributed by atoms with Crippen LogP contribution < -0.4 is 10.1 Å². The third-order valence-corrected chi connectivity index (χ3v) is 3.24. The lowest BCUT2D eigenvalue weighted by atomic mass is 10.1. The number of ether oxygens (including phenoxy) is 1. The highest BCUT2D eigenvalue weighted by atomic mass is 19.4. The molecule has 2 aromatic rings. The van der Waals surface area contributed by atoms with Crippen LogP contribution in [0.4, 0.5) is 13.2 Å². The predicted molar refractivity (Wildman–Crippen MR) is 85.3 cm³/mol. The topological polar surface area (TPSA) is 38.3 Å². The molecule has 6 heteroatoms. The minimum Gasteiger partial charge on any atom is -0.497 e. The maximum atomic E-state index is 12.6. The quantitative estimate of drug-likeness (QED) is 0.838. The Balaban J connectivity index is 1.95. The van der Waals surface area contributed by atoms with E-state index in [-0.39, 0.29) is 0 Å². The Labute approximate surface area is 137 Å². The molecule has 0 saturated carbocycles. The Morgan fingerprint density at radius 1 is 1.17 bits per heavy atom. The average Bonchev–Trinajstić information content (AvgIpc) is 2.58. The summed E-state index contributed by atoms with van der Waals surface area (Å²) in [7, 11) is 1.55. The normalized spacial score (nSPS) is 11.5. The number of rotatable bonds is 5. The van der Waals surface area contributed by atoms with Crippen molar-refractivity contribution in [2.75, 3.05) is 7.11 Å². The third kappa shape index (κ3) is 5.15. The van der Waals surface area contributed by atoms with Crippen LogP contribution in [0.15, 0.2) is 54.6 Å². The Bertz CT molecular complexity index is 739. The first-order chi connectivity index (χ1) is 11.4. The lowest BCUT2D eigenvalue weighted by Gasteiger charge is -2.07. The number of carbonyl (C=O) groups excluding carboxylic acids is 1. The molecule has 0 unspecified atom stereocenters. The number of alkyl halides is 3. The monoisotopic (exact) mass is 335 g/mol. The smallest absolute Gasteiger partial charge is 0.416 e. The molecule has 2 aromatic carbocycles. The summed E-state index contributed by atoms with van der Waals surface area (Å²) in [5.74, 6) is 0.288. The van der Waals surface area contributed by atoms with Crippen molar-refractivity contribution < 1.29 is 22.7 Å². The van der Waals surface area contributed by atoms with Gasteiger partial charge < -0.3 is 10.1 Å². The molecular weight excluding hydrogens is 319 g/mol. The van der Waals surface area contributed by atoms with Gasteiger partial charge in [-0.15, -0.1) is 0 Å². The maximum Gasteiger partial charge on any atom is 0.416 e. The van der Waals surface area contributed by atoms with E-state index in [1.807, 2.05) is 6.07 Å². The van der Waals surface area contributed by atoms with Crippen LogP contribution in [0.25, 0.3) is 6.08 Å². The SMILES string of the molecule is COc1cccc(CNC(=O)/C=C/c2cccc(C(F)(F)F)c2)c1. The van der Waals surface area contributed by atoms with Gasteiger partial charge in [0.1, 0.15) is 5.75 Å². The van der Waals surface area contributed by atoms with Crippen molar-refractivity contribution in [3.05, 3.63) is 71.3 Å². The molecule has 0 fully saturated rings. The molecule has 0 atom stereocenters. The molecule has 3 nitrogen and oxygen atoms in total. The van der Waals surface area contributed by atoms with Crippen LogP contribution in [-0.2, 0) is 17.5 Å². The van der Waals surface area contributed by atoms with Gasteiger partial charge >= 0.3 is 6.18 Å². The van der Waals surface area contributed by atoms with Gasteiger partial charge in [0.2, 0.25) is 5.91 Å². The van der Waals surface area contributed by atoms with Crippen LogP contribution in [-0.4, -0.2) is 13.0 Å². The summed E-state index contributed by atoms with van der Waals surface area (Å²) in [5, 5.41) is 2.66. The second-order valence-corrected chi connectivity index (χ2v) is 5.03. The van der Waals surface area contributed by atoms with Crippen LogP contribution >= 0.6 is 0 Å². The molecule has 126 valence electrons. The Morgan fingerprint density at radius 3 is 2.62 bits per heavy atom. The number of benzene rings is 2. The fourth-order valence-corrected chi connectivity index (χ4v) is 2.02. The van der Waals surface area contributed by atoms with Crippen molar-refractivity contribution in [1.82, 2.24) is 5.32 Å². The number of carbonyl (C=O) groups is 1. The summed E-state index contributed by atoms with van der Waals surface area (Å²) >= 11 is 0. The van der Waals surface area contributed by atoms with Gasteiger partial charge in [-0.05, 0) is 41.5 Å². The van der Waals surface area contributed by atoms with E-state index in [4.69, 9.17) is 4.74 Å². The molecule has 0 aliphatic carbocycles. The zero-order valence-corrected chi connectivity index (χ0v) is 12.9. The van der Waals surface area contributed by atoms with Gasteiger partial charge in [0.15, 0.2) is 0 Å². The van der Waals surface area contributed by atoms with E-state index >= 15 is 0 Å². The third-order valence-electron chi connectivity index (χ3n) is 3.24. The molecule has 0 spiro atoms. The van der Waals surface area contributed by atoms with E-state index in [1.165, 1.54) is 24.3 Å². The average molecular weight is 335 g/mol. The van der Waals surface area contributed by atoms with Gasteiger partial charge in [-0.2, -0.15) is 13.2 Å². The second-order valence-electron chi connectivity index (χ2n) is 5.03. The first-order valence-corrected chi connectivity index (χ1v) is 7.14. The summed E-state index contributed by atoms with van der Waals surface area (Å²) in [5.41, 5.74) is 0.415. The van der Waals surface area contributed by atoms with E-state index in [1.54, 1.807) is 25.3 Å². The van der Waals surface area contributed by atoms with Crippen LogP contribution in [0, 0.1) is 0 Å². The van der Waals surface area contributed by atoms with Crippen molar-refractivity contribution >= 4 is 12.0 Å². The predicted octanol–water partition coefficient (Wildman–Crippen LogP) is 4.04. The second kappa shape index (κ2) is 7.68. The van der Waals surface area contributed by atoms with Gasteiger partial charge in [-0.25, -0.2) is 0 Å². The summed E-state index contributed by atoms with van der Waals surface area (Å²) in [6.07, 6.45) is -1.86. The molecule has 24 heavy (non-hydrogen) atoms. The zero-order chi connectivity index (χ0) is 17.6. The molecule has 1 amide bonds. The number of methoxy groups -OCH3 is 1. The minimum absolute atomic E-state index is 0.295. The Morgan fingerprint density at radius 2 is 1.92 bits per heavy atom. The highest BCUT2D eigenvalue weighted by Gasteiger charge is 2.30. The van der Waals surface area contributed by atoms with Gasteiger partial charge in [0.25, 0.3) is 0 Å². The fraction of sp³-hybridized carbons (Fsp3) is 0.167. The van der Waals surface area contributed by atoms with E-state index in [0.29, 0.717) is 17.9 Å². The molecular formula is C18H16F3NO2. The number of hydrogen-bond donors (Lipinski definition) is 1. The van der Waals surface area contributed by atoms with Crippen molar-refractivity contribution in [3.8, 4) is 5.75 Å². The lowest BCUT2D eigenvalue weighted by Crippen LogP contribution is -2.20. The van der Waals surface area contributed by atoms with Crippen molar-refractivity contribution in [2.45, 2.75) is 12.7 Å². The lowest BCUT2D eigenvalue weighted by molar-refractivity contribution is -0.137. The molecule has 0 heterocycles. The number of hydrogen-bond acceptors (Lipinski definition) is 2. The van der Waals surface area contributed by atoms with Gasteiger partial charge in [0.05, 0.1) is 12.7 Å². The first kappa shape index (κ1) is 17.6. The molecule has 2 rings (SSSR count). The van der Waals surface area contributed by atoms with Crippen LogP contribution in [0.5, 0.6) is 5.75 Å². The molecule has 0 aliphatic heterocycles. The summed E-state index contributed by atoms with van der Waals surface area (Å²) in [6.45, 7) is 0.295. The number of amides is 1. The zero-order valence-electron chi connectivity index (χ0n) is 12.9. The van der Waals surface area contributed by atoms with E-state index in [0.717, 1.165) is 17.7 Å². The van der Waals surface area contributed by atoms with Gasteiger partial charge in [-0.1, -0.05) is 24.3 Å². The Kier molecular flexibility index (Phi) is 5.63. The highest BCUT2D eigenvalue weighted by Crippen LogP contribution is 2.29. The molecule has 0 bridgehead atoms. The molecule has 0 radical (unpaired) electrons. The largest absolute Gasteiger partial charge is 0.497 e. The molecule has 0 aromatic heterocycles. The molecule has 1 N–H and O–H groups in total. The van der Waals surface area contributed by atoms with Crippen molar-refractivity contribution in [3.63, 3.8) is 0 Å².